The first-order valence-electron chi connectivity index (χ1n) is 9.15. The summed E-state index contributed by atoms with van der Waals surface area (Å²) < 4.78 is 0. The van der Waals surface area contributed by atoms with Gasteiger partial charge in [-0.1, -0.05) is 27.2 Å². The molecular formula is C18H38IN5O. The number of rotatable bonds is 6. The Morgan fingerprint density at radius 1 is 0.960 bits per heavy atom. The van der Waals surface area contributed by atoms with Crippen molar-refractivity contribution in [3.05, 3.63) is 0 Å². The van der Waals surface area contributed by atoms with Gasteiger partial charge in [-0.3, -0.25) is 14.7 Å². The van der Waals surface area contributed by atoms with E-state index in [1.165, 1.54) is 32.4 Å². The van der Waals surface area contributed by atoms with Gasteiger partial charge in [0.1, 0.15) is 0 Å². The number of carbonyl (C=O) groups excluding carboxylic acids is 1. The Morgan fingerprint density at radius 3 is 2.04 bits per heavy atom. The van der Waals surface area contributed by atoms with Crippen LogP contribution in [0, 0.1) is 5.41 Å². The third-order valence-corrected chi connectivity index (χ3v) is 4.51. The molecule has 6 nitrogen and oxygen atoms in total. The quantitative estimate of drug-likeness (QED) is 0.243. The van der Waals surface area contributed by atoms with Crippen LogP contribution in [0.2, 0.25) is 0 Å². The number of nitrogens with zero attached hydrogens (tertiary/aromatic N) is 2. The summed E-state index contributed by atoms with van der Waals surface area (Å²) in [5.41, 5.74) is -0.239. The van der Waals surface area contributed by atoms with E-state index in [0.29, 0.717) is 13.1 Å². The van der Waals surface area contributed by atoms with E-state index in [2.05, 4.69) is 39.7 Å². The molecule has 25 heavy (non-hydrogen) atoms. The average molecular weight is 467 g/mol. The molecule has 0 aromatic heterocycles. The van der Waals surface area contributed by atoms with Crippen LogP contribution >= 0.6 is 24.0 Å². The lowest BCUT2D eigenvalue weighted by atomic mass is 9.96. The van der Waals surface area contributed by atoms with Gasteiger partial charge in [-0.15, -0.1) is 24.0 Å². The second-order valence-electron chi connectivity index (χ2n) is 8.22. The Morgan fingerprint density at radius 2 is 1.52 bits per heavy atom. The van der Waals surface area contributed by atoms with Gasteiger partial charge in [0.15, 0.2) is 5.96 Å². The molecule has 3 N–H and O–H groups in total. The first-order valence-corrected chi connectivity index (χ1v) is 9.15. The predicted molar refractivity (Wildman–Crippen MR) is 117 cm³/mol. The topological polar surface area (TPSA) is 68.8 Å². The molecule has 0 aliphatic carbocycles. The molecule has 0 aromatic rings. The van der Waals surface area contributed by atoms with Crippen molar-refractivity contribution in [1.82, 2.24) is 20.9 Å². The second kappa shape index (κ2) is 11.2. The first kappa shape index (κ1) is 24.4. The zero-order chi connectivity index (χ0) is 18.2. The molecule has 0 atom stereocenters. The van der Waals surface area contributed by atoms with Crippen molar-refractivity contribution in [2.75, 3.05) is 39.8 Å². The van der Waals surface area contributed by atoms with Crippen molar-refractivity contribution in [1.29, 1.82) is 0 Å². The molecule has 7 heteroatoms. The Bertz CT molecular complexity index is 426. The molecule has 148 valence electrons. The molecule has 1 heterocycles. The largest absolute Gasteiger partial charge is 0.355 e. The van der Waals surface area contributed by atoms with Crippen LogP contribution in [0.1, 0.15) is 53.9 Å². The minimum atomic E-state index is -0.349. The van der Waals surface area contributed by atoms with Crippen molar-refractivity contribution in [3.8, 4) is 0 Å². The maximum atomic E-state index is 11.8. The molecule has 1 fully saturated rings. The number of aliphatic imine (C=N–C) groups is 1. The van der Waals surface area contributed by atoms with Gasteiger partial charge in [-0.25, -0.2) is 0 Å². The number of halogens is 1. The Kier molecular flexibility index (Phi) is 11.0. The fourth-order valence-electron chi connectivity index (χ4n) is 2.75. The SMILES string of the molecule is CN=C(NCCNC(=O)C(C)(C)C)NCC(C)(C)N1CCCCC1.I. The van der Waals surface area contributed by atoms with Crippen molar-refractivity contribution >= 4 is 35.8 Å². The number of guanidine groups is 1. The first-order chi connectivity index (χ1) is 11.2. The lowest BCUT2D eigenvalue weighted by Gasteiger charge is -2.41. The number of hydrogen-bond acceptors (Lipinski definition) is 3. The predicted octanol–water partition coefficient (Wildman–Crippen LogP) is 2.20. The number of amides is 1. The van der Waals surface area contributed by atoms with Gasteiger partial charge in [-0.05, 0) is 39.8 Å². The molecule has 0 radical (unpaired) electrons. The Balaban J connectivity index is 0.00000576. The summed E-state index contributed by atoms with van der Waals surface area (Å²) in [5.74, 6) is 0.851. The molecule has 0 spiro atoms. The van der Waals surface area contributed by atoms with Gasteiger partial charge in [0.25, 0.3) is 0 Å². The minimum absolute atomic E-state index is 0. The van der Waals surface area contributed by atoms with E-state index >= 15 is 0 Å². The average Bonchev–Trinajstić information content (AvgIpc) is 2.54. The molecule has 1 aliphatic rings. The van der Waals surface area contributed by atoms with E-state index in [1.54, 1.807) is 7.05 Å². The number of nitrogens with one attached hydrogen (secondary N) is 3. The van der Waals surface area contributed by atoms with Crippen LogP contribution in [-0.4, -0.2) is 62.1 Å². The fraction of sp³-hybridized carbons (Fsp3) is 0.889. The molecular weight excluding hydrogens is 429 g/mol. The summed E-state index contributed by atoms with van der Waals surface area (Å²) in [4.78, 5) is 18.6. The molecule has 0 unspecified atom stereocenters. The van der Waals surface area contributed by atoms with Crippen LogP contribution in [0.4, 0.5) is 0 Å². The number of hydrogen-bond donors (Lipinski definition) is 3. The summed E-state index contributed by atoms with van der Waals surface area (Å²) in [6, 6.07) is 0. The van der Waals surface area contributed by atoms with Crippen LogP contribution in [0.25, 0.3) is 0 Å². The van der Waals surface area contributed by atoms with Gasteiger partial charge in [0.05, 0.1) is 0 Å². The van der Waals surface area contributed by atoms with Crippen molar-refractivity contribution < 1.29 is 4.79 Å². The lowest BCUT2D eigenvalue weighted by Crippen LogP contribution is -2.55. The molecule has 1 amide bonds. The summed E-state index contributed by atoms with van der Waals surface area (Å²) in [7, 11) is 1.77. The number of carbonyl (C=O) groups is 1. The maximum absolute atomic E-state index is 11.8. The molecule has 1 aliphatic heterocycles. The van der Waals surface area contributed by atoms with E-state index in [4.69, 9.17) is 0 Å². The van der Waals surface area contributed by atoms with Crippen molar-refractivity contribution in [2.24, 2.45) is 10.4 Å². The molecule has 0 saturated carbocycles. The zero-order valence-electron chi connectivity index (χ0n) is 16.9. The van der Waals surface area contributed by atoms with Gasteiger partial charge >= 0.3 is 0 Å². The van der Waals surface area contributed by atoms with Gasteiger partial charge < -0.3 is 16.0 Å². The third kappa shape index (κ3) is 9.08. The smallest absolute Gasteiger partial charge is 0.225 e. The fourth-order valence-corrected chi connectivity index (χ4v) is 2.75. The summed E-state index contributed by atoms with van der Waals surface area (Å²) >= 11 is 0. The van der Waals surface area contributed by atoms with Crippen LogP contribution in [0.5, 0.6) is 0 Å². The minimum Gasteiger partial charge on any atom is -0.355 e. The normalized spacial score (nSPS) is 16.8. The second-order valence-corrected chi connectivity index (χ2v) is 8.22. The van der Waals surface area contributed by atoms with E-state index in [-0.39, 0.29) is 40.8 Å². The van der Waals surface area contributed by atoms with Gasteiger partial charge in [-0.2, -0.15) is 0 Å². The number of piperidine rings is 1. The summed E-state index contributed by atoms with van der Waals surface area (Å²) in [6.45, 7) is 14.8. The van der Waals surface area contributed by atoms with E-state index in [0.717, 1.165) is 12.5 Å². The standard InChI is InChI=1S/C18H37N5O.HI/c1-17(2,3)15(24)20-10-11-21-16(19-6)22-14-18(4,5)23-12-8-7-9-13-23;/h7-14H2,1-6H3,(H,20,24)(H2,19,21,22);1H. The Hall–Kier alpha value is -0.570. The van der Waals surface area contributed by atoms with E-state index < -0.39 is 0 Å². The van der Waals surface area contributed by atoms with Crippen molar-refractivity contribution in [2.45, 2.75) is 59.4 Å². The van der Waals surface area contributed by atoms with Gasteiger partial charge in [0, 0.05) is 37.6 Å². The molecule has 0 aromatic carbocycles. The summed E-state index contributed by atoms with van der Waals surface area (Å²) in [6.07, 6.45) is 3.94. The highest BCUT2D eigenvalue weighted by atomic mass is 127. The Labute approximate surface area is 171 Å². The van der Waals surface area contributed by atoms with Gasteiger partial charge in [0.2, 0.25) is 5.91 Å². The molecule has 1 saturated heterocycles. The van der Waals surface area contributed by atoms with Crippen LogP contribution in [0.15, 0.2) is 4.99 Å². The van der Waals surface area contributed by atoms with E-state index in [9.17, 15) is 4.79 Å². The maximum Gasteiger partial charge on any atom is 0.225 e. The van der Waals surface area contributed by atoms with E-state index in [1.807, 2.05) is 20.8 Å². The highest BCUT2D eigenvalue weighted by molar-refractivity contribution is 14.0. The monoisotopic (exact) mass is 467 g/mol. The summed E-state index contributed by atoms with van der Waals surface area (Å²) in [5, 5.41) is 9.60. The molecule has 1 rings (SSSR count). The number of likely N-dealkylation sites (tertiary alicyclic amines) is 1. The highest BCUT2D eigenvalue weighted by Gasteiger charge is 2.27. The zero-order valence-corrected chi connectivity index (χ0v) is 19.2. The molecule has 0 bridgehead atoms. The van der Waals surface area contributed by atoms with Crippen LogP contribution < -0.4 is 16.0 Å². The van der Waals surface area contributed by atoms with Crippen LogP contribution in [0.3, 0.4) is 0 Å². The van der Waals surface area contributed by atoms with Crippen molar-refractivity contribution in [3.63, 3.8) is 0 Å². The highest BCUT2D eigenvalue weighted by Crippen LogP contribution is 2.19. The third-order valence-electron chi connectivity index (χ3n) is 4.51. The lowest BCUT2D eigenvalue weighted by molar-refractivity contribution is -0.128. The van der Waals surface area contributed by atoms with Crippen LogP contribution in [-0.2, 0) is 4.79 Å².